The molecule has 1 saturated heterocycles. The van der Waals surface area contributed by atoms with Crippen LogP contribution in [0.5, 0.6) is 0 Å². The van der Waals surface area contributed by atoms with Gasteiger partial charge >= 0.3 is 0 Å². The predicted octanol–water partition coefficient (Wildman–Crippen LogP) is 2.98. The van der Waals surface area contributed by atoms with E-state index in [0.717, 1.165) is 18.0 Å². The topological polar surface area (TPSA) is 72.3 Å². The number of ether oxygens (including phenoxy) is 1. The van der Waals surface area contributed by atoms with Crippen molar-refractivity contribution in [2.45, 2.75) is 19.4 Å². The van der Waals surface area contributed by atoms with Gasteiger partial charge in [-0.1, -0.05) is 12.1 Å². The predicted molar refractivity (Wildman–Crippen MR) is 113 cm³/mol. The zero-order valence-corrected chi connectivity index (χ0v) is 17.8. The number of morpholine rings is 1. The van der Waals surface area contributed by atoms with Gasteiger partial charge in [0, 0.05) is 25.2 Å². The highest BCUT2D eigenvalue weighted by atomic mass is 32.1. The Morgan fingerprint density at radius 3 is 2.77 bits per heavy atom. The van der Waals surface area contributed by atoms with Gasteiger partial charge in [0.05, 0.1) is 23.8 Å². The van der Waals surface area contributed by atoms with Gasteiger partial charge < -0.3 is 10.1 Å². The lowest BCUT2D eigenvalue weighted by Gasteiger charge is -2.40. The molecule has 3 aromatic rings. The number of amides is 1. The van der Waals surface area contributed by atoms with Gasteiger partial charge in [-0.25, -0.2) is 14.1 Å². The van der Waals surface area contributed by atoms with Crippen molar-refractivity contribution in [3.05, 3.63) is 53.4 Å². The number of nitrogens with zero attached hydrogens (tertiary/aromatic N) is 4. The van der Waals surface area contributed by atoms with Crippen LogP contribution in [0.4, 0.5) is 4.39 Å². The molecule has 1 aliphatic rings. The number of aromatic nitrogens is 3. The van der Waals surface area contributed by atoms with Crippen LogP contribution in [0.2, 0.25) is 0 Å². The van der Waals surface area contributed by atoms with Crippen molar-refractivity contribution in [3.63, 3.8) is 0 Å². The third kappa shape index (κ3) is 4.43. The zero-order valence-electron chi connectivity index (χ0n) is 17.0. The molecule has 3 heterocycles. The zero-order chi connectivity index (χ0) is 21.1. The van der Waals surface area contributed by atoms with Crippen molar-refractivity contribution >= 4 is 17.2 Å². The maximum Gasteiger partial charge on any atom is 0.291 e. The Balaban J connectivity index is 1.56. The van der Waals surface area contributed by atoms with E-state index in [4.69, 9.17) is 4.74 Å². The van der Waals surface area contributed by atoms with Gasteiger partial charge in [-0.2, -0.15) is 0 Å². The van der Waals surface area contributed by atoms with E-state index >= 15 is 0 Å². The van der Waals surface area contributed by atoms with Crippen LogP contribution >= 0.6 is 11.3 Å². The summed E-state index contributed by atoms with van der Waals surface area (Å²) in [6.45, 7) is 7.69. The molecule has 1 amide bonds. The summed E-state index contributed by atoms with van der Waals surface area (Å²) in [6, 6.07) is 9.87. The molecule has 4 rings (SSSR count). The average molecular weight is 430 g/mol. The highest BCUT2D eigenvalue weighted by molar-refractivity contribution is 7.13. The Kier molecular flexibility index (Phi) is 5.94. The van der Waals surface area contributed by atoms with Crippen LogP contribution in [0.25, 0.3) is 16.4 Å². The minimum atomic E-state index is -0.376. The second kappa shape index (κ2) is 8.63. The number of rotatable bonds is 6. The molecule has 1 fully saturated rings. The first-order chi connectivity index (χ1) is 14.4. The van der Waals surface area contributed by atoms with Gasteiger partial charge in [0.2, 0.25) is 5.82 Å². The largest absolute Gasteiger partial charge is 0.379 e. The number of carbonyl (C=O) groups is 1. The molecule has 0 aliphatic carbocycles. The SMILES string of the molecule is CC(C)(CNC(=O)c1nc(-c2cccs2)n(-c2cccc(F)c2)n1)N1CCOCC1. The molecule has 1 N–H and O–H groups in total. The van der Waals surface area contributed by atoms with Crippen LogP contribution in [0.1, 0.15) is 24.5 Å². The Morgan fingerprint density at radius 1 is 1.27 bits per heavy atom. The van der Waals surface area contributed by atoms with Crippen LogP contribution in [0.3, 0.4) is 0 Å². The number of thiophene rings is 1. The highest BCUT2D eigenvalue weighted by Gasteiger charge is 2.29. The lowest BCUT2D eigenvalue weighted by atomic mass is 10.0. The molecule has 0 saturated carbocycles. The van der Waals surface area contributed by atoms with Gasteiger partial charge in [0.1, 0.15) is 5.82 Å². The molecule has 0 radical (unpaired) electrons. The molecule has 7 nitrogen and oxygen atoms in total. The van der Waals surface area contributed by atoms with E-state index < -0.39 is 0 Å². The van der Waals surface area contributed by atoms with E-state index in [-0.39, 0.29) is 23.1 Å². The average Bonchev–Trinajstić information content (AvgIpc) is 3.42. The maximum atomic E-state index is 13.8. The van der Waals surface area contributed by atoms with Gasteiger partial charge in [-0.15, -0.1) is 16.4 Å². The van der Waals surface area contributed by atoms with E-state index in [1.54, 1.807) is 12.1 Å². The van der Waals surface area contributed by atoms with Crippen LogP contribution < -0.4 is 5.32 Å². The van der Waals surface area contributed by atoms with Gasteiger partial charge in [-0.05, 0) is 43.5 Å². The van der Waals surface area contributed by atoms with Gasteiger partial charge in [0.15, 0.2) is 5.82 Å². The second-order valence-electron chi connectivity index (χ2n) is 7.72. The molecule has 9 heteroatoms. The van der Waals surface area contributed by atoms with E-state index in [0.29, 0.717) is 31.3 Å². The molecular weight excluding hydrogens is 405 g/mol. The molecule has 0 unspecified atom stereocenters. The highest BCUT2D eigenvalue weighted by Crippen LogP contribution is 2.26. The quantitative estimate of drug-likeness (QED) is 0.652. The minimum absolute atomic E-state index is 0.0560. The van der Waals surface area contributed by atoms with Gasteiger partial charge in [0.25, 0.3) is 5.91 Å². The summed E-state index contributed by atoms with van der Waals surface area (Å²) < 4.78 is 20.7. The molecule has 1 aliphatic heterocycles. The smallest absolute Gasteiger partial charge is 0.291 e. The summed E-state index contributed by atoms with van der Waals surface area (Å²) >= 11 is 1.48. The number of hydrogen-bond acceptors (Lipinski definition) is 6. The summed E-state index contributed by atoms with van der Waals surface area (Å²) in [6.07, 6.45) is 0. The summed E-state index contributed by atoms with van der Waals surface area (Å²) in [5.74, 6) is -0.170. The molecule has 2 aromatic heterocycles. The van der Waals surface area contributed by atoms with E-state index in [1.165, 1.54) is 28.2 Å². The Hall–Kier alpha value is -2.62. The monoisotopic (exact) mass is 429 g/mol. The fourth-order valence-corrected chi connectivity index (χ4v) is 4.12. The Morgan fingerprint density at radius 2 is 2.07 bits per heavy atom. The van der Waals surface area contributed by atoms with Crippen LogP contribution in [0.15, 0.2) is 41.8 Å². The standard InChI is InChI=1S/C21H24FN5O2S/c1-21(2,26-8-10-29-11-9-26)14-23-20(28)18-24-19(17-7-4-12-30-17)27(25-18)16-6-3-5-15(22)13-16/h3-7,12-13H,8-11,14H2,1-2H3,(H,23,28). The summed E-state index contributed by atoms with van der Waals surface area (Å²) in [5.41, 5.74) is 0.292. The molecule has 30 heavy (non-hydrogen) atoms. The number of hydrogen-bond donors (Lipinski definition) is 1. The normalized spacial score (nSPS) is 15.3. The van der Waals surface area contributed by atoms with Crippen LogP contribution in [0, 0.1) is 5.82 Å². The molecular formula is C21H24FN5O2S. The summed E-state index contributed by atoms with van der Waals surface area (Å²) in [4.78, 5) is 20.5. The third-order valence-electron chi connectivity index (χ3n) is 5.15. The fraction of sp³-hybridized carbons (Fsp3) is 0.381. The second-order valence-corrected chi connectivity index (χ2v) is 8.67. The van der Waals surface area contributed by atoms with E-state index in [2.05, 4.69) is 34.1 Å². The Labute approximate surface area is 178 Å². The fourth-order valence-electron chi connectivity index (χ4n) is 3.42. The molecule has 158 valence electrons. The maximum absolute atomic E-state index is 13.8. The van der Waals surface area contributed by atoms with Crippen molar-refractivity contribution in [3.8, 4) is 16.4 Å². The summed E-state index contributed by atoms with van der Waals surface area (Å²) in [5, 5.41) is 9.27. The van der Waals surface area contributed by atoms with Crippen molar-refractivity contribution in [1.29, 1.82) is 0 Å². The molecule has 0 bridgehead atoms. The van der Waals surface area contributed by atoms with E-state index in [9.17, 15) is 9.18 Å². The van der Waals surface area contributed by atoms with Gasteiger partial charge in [-0.3, -0.25) is 9.69 Å². The third-order valence-corrected chi connectivity index (χ3v) is 6.02. The minimum Gasteiger partial charge on any atom is -0.379 e. The molecule has 1 aromatic carbocycles. The molecule has 0 atom stereocenters. The number of carbonyl (C=O) groups excluding carboxylic acids is 1. The molecule has 0 spiro atoms. The van der Waals surface area contributed by atoms with Crippen molar-refractivity contribution in [2.75, 3.05) is 32.8 Å². The van der Waals surface area contributed by atoms with Crippen LogP contribution in [-0.4, -0.2) is 64.0 Å². The van der Waals surface area contributed by atoms with Crippen molar-refractivity contribution < 1.29 is 13.9 Å². The van der Waals surface area contributed by atoms with Crippen LogP contribution in [-0.2, 0) is 4.74 Å². The number of benzene rings is 1. The van der Waals surface area contributed by atoms with Crippen molar-refractivity contribution in [1.82, 2.24) is 25.0 Å². The Bertz CT molecular complexity index is 1010. The summed E-state index contributed by atoms with van der Waals surface area (Å²) in [7, 11) is 0. The lowest BCUT2D eigenvalue weighted by molar-refractivity contribution is -0.00926. The first-order valence-electron chi connectivity index (χ1n) is 9.82. The van der Waals surface area contributed by atoms with Crippen molar-refractivity contribution in [2.24, 2.45) is 0 Å². The first-order valence-corrected chi connectivity index (χ1v) is 10.7. The lowest BCUT2D eigenvalue weighted by Crippen LogP contribution is -2.55. The van der Waals surface area contributed by atoms with E-state index in [1.807, 2.05) is 17.5 Å². The number of nitrogens with one attached hydrogen (secondary N) is 1. The number of halogens is 1. The first kappa shape index (κ1) is 20.6.